The van der Waals surface area contributed by atoms with Gasteiger partial charge in [0.1, 0.15) is 58.9 Å². The van der Waals surface area contributed by atoms with Gasteiger partial charge in [-0.25, -0.2) is 0 Å². The number of amides is 5. The molecule has 2 aliphatic rings. The molecule has 0 fully saturated rings. The first-order valence-corrected chi connectivity index (χ1v) is 32.4. The predicted molar refractivity (Wildman–Crippen MR) is 367 cm³/mol. The van der Waals surface area contributed by atoms with Crippen molar-refractivity contribution in [3.05, 3.63) is 171 Å². The maximum atomic E-state index is 14.6. The minimum atomic E-state index is -2.57. The van der Waals surface area contributed by atoms with Crippen molar-refractivity contribution in [2.45, 2.75) is 58.9 Å². The van der Waals surface area contributed by atoms with Crippen LogP contribution >= 0.6 is 0 Å². The number of fused-ring (bicyclic) bond motifs is 6. The highest BCUT2D eigenvalue weighted by Crippen LogP contribution is 2.52. The fraction of sp³-hybridized carbons (Fsp3) is 0.271. The van der Waals surface area contributed by atoms with Crippen molar-refractivity contribution in [1.82, 2.24) is 29.9 Å². The van der Waals surface area contributed by atoms with E-state index in [1.807, 2.05) is 23.3 Å². The van der Waals surface area contributed by atoms with Crippen LogP contribution in [0, 0.1) is 0 Å². The first-order chi connectivity index (χ1) is 48.5. The minimum Gasteiger partial charge on any atom is -0.755 e. The molecule has 1 unspecified atom stereocenters. The van der Waals surface area contributed by atoms with Crippen molar-refractivity contribution in [2.75, 3.05) is 75.1 Å². The number of hydrogen-bond acceptors (Lipinski definition) is 17. The Hall–Kier alpha value is -12.5. The lowest BCUT2D eigenvalue weighted by Crippen LogP contribution is -2.40. The standard InChI is InChI=1S/C70H69N9O23S/c1-7-78-50-19-16-43-45(23-40(65(97)74(29-54(80)81)30-55(82)83)25-47(43)67(99)76(33-58(88)89)34-59(90)91)62(50)69(3,4)52(78)21-12-38(49-18-11-39(28-71-49)64(96)72-27-37-9-14-42(15-10-37)73-103(101)102)13-22-53-70(5,6)63-46-24-41(66(98)75(31-56(84)85)32-57(86)87)26-48(44(46)17-20-51(63)79(53)8-2)68(100)77(35-60(92)93)36-61(94)95/h9-26,28,73H,7-8,27,29-36H2,1-6H3,(H9-,72,80,81,82,83,84,85,86,87,88,89,90,91,92,93,94,95,96,101,102). The summed E-state index contributed by atoms with van der Waals surface area (Å²) in [7, 11) is 0. The molecule has 538 valence electrons. The summed E-state index contributed by atoms with van der Waals surface area (Å²) < 4.78 is 26.5. The molecule has 3 heterocycles. The second kappa shape index (κ2) is 31.4. The Morgan fingerprint density at radius 1 is 0.544 bits per heavy atom. The fourth-order valence-electron chi connectivity index (χ4n) is 12.8. The Kier molecular flexibility index (Phi) is 23.2. The van der Waals surface area contributed by atoms with E-state index < -0.39 is 163 Å². The van der Waals surface area contributed by atoms with Crippen molar-refractivity contribution in [2.24, 2.45) is 0 Å². The molecular formula is C70H69N9O23S. The monoisotopic (exact) mass is 1440 g/mol. The Balaban J connectivity index is 1.33. The van der Waals surface area contributed by atoms with Crippen LogP contribution < -0.4 is 14.9 Å². The number of rotatable bonds is 31. The molecule has 33 heteroatoms. The van der Waals surface area contributed by atoms with Crippen molar-refractivity contribution >= 4 is 138 Å². The lowest BCUT2D eigenvalue weighted by Gasteiger charge is -2.26. The highest BCUT2D eigenvalue weighted by molar-refractivity contribution is 7.80. The van der Waals surface area contributed by atoms with Gasteiger partial charge in [0, 0.05) is 98.6 Å². The van der Waals surface area contributed by atoms with E-state index in [4.69, 9.17) is 4.98 Å². The van der Waals surface area contributed by atoms with Crippen LogP contribution in [0.5, 0.6) is 0 Å². The highest BCUT2D eigenvalue weighted by atomic mass is 32.2. The number of carboxylic acid groups (broad SMARTS) is 8. The third kappa shape index (κ3) is 17.0. The van der Waals surface area contributed by atoms with Crippen molar-refractivity contribution < 1.29 is 117 Å². The van der Waals surface area contributed by atoms with Crippen LogP contribution in [0.25, 0.3) is 27.1 Å². The van der Waals surface area contributed by atoms with Crippen LogP contribution in [0.1, 0.15) is 116 Å². The van der Waals surface area contributed by atoms with Gasteiger partial charge in [-0.3, -0.25) is 71.5 Å². The van der Waals surface area contributed by atoms with Gasteiger partial charge in [-0.05, 0) is 133 Å². The van der Waals surface area contributed by atoms with Gasteiger partial charge in [0.2, 0.25) is 5.69 Å². The second-order valence-corrected chi connectivity index (χ2v) is 25.4. The molecule has 0 spiro atoms. The number of anilines is 2. The molecule has 5 amide bonds. The summed E-state index contributed by atoms with van der Waals surface area (Å²) in [6, 6.07) is 20.3. The molecule has 0 saturated heterocycles. The molecule has 1 aromatic heterocycles. The van der Waals surface area contributed by atoms with Crippen LogP contribution in [-0.4, -0.2) is 227 Å². The molecule has 6 aromatic rings. The molecule has 2 aliphatic heterocycles. The number of carbonyl (C=O) groups is 13. The number of aromatic nitrogens is 1. The van der Waals surface area contributed by atoms with Gasteiger partial charge in [-0.1, -0.05) is 38.1 Å². The smallest absolute Gasteiger partial charge is 0.323 e. The Bertz CT molecular complexity index is 4670. The normalized spacial score (nSPS) is 14.2. The average molecular weight is 1440 g/mol. The molecule has 32 nitrogen and oxygen atoms in total. The van der Waals surface area contributed by atoms with E-state index in [2.05, 4.69) is 10.0 Å². The molecule has 103 heavy (non-hydrogen) atoms. The zero-order valence-electron chi connectivity index (χ0n) is 56.0. The largest absolute Gasteiger partial charge is 0.755 e. The summed E-state index contributed by atoms with van der Waals surface area (Å²) in [5.41, 5.74) is 0.763. The van der Waals surface area contributed by atoms with Crippen LogP contribution in [0.3, 0.4) is 0 Å². The summed E-state index contributed by atoms with van der Waals surface area (Å²) in [5.74, 6) is -17.9. The van der Waals surface area contributed by atoms with Crippen LogP contribution in [-0.2, 0) is 67.0 Å². The quantitative estimate of drug-likeness (QED) is 0.0160. The summed E-state index contributed by atoms with van der Waals surface area (Å²) >= 11 is -2.57. The number of likely N-dealkylation sites (N-methyl/N-ethyl adjacent to an activating group) is 1. The van der Waals surface area contributed by atoms with E-state index in [-0.39, 0.29) is 69.3 Å². The fourth-order valence-corrected chi connectivity index (χ4v) is 13.2. The maximum absolute atomic E-state index is 14.6. The van der Waals surface area contributed by atoms with Gasteiger partial charge in [0.15, 0.2) is 5.71 Å². The first kappa shape index (κ1) is 76.2. The summed E-state index contributed by atoms with van der Waals surface area (Å²) in [4.78, 5) is 177. The van der Waals surface area contributed by atoms with E-state index in [9.17, 15) is 112 Å². The maximum Gasteiger partial charge on any atom is 0.323 e. The summed E-state index contributed by atoms with van der Waals surface area (Å²) in [5, 5.41) is 81.7. The molecule has 0 saturated carbocycles. The molecule has 8 rings (SSSR count). The van der Waals surface area contributed by atoms with Gasteiger partial charge in [0.05, 0.1) is 16.7 Å². The SMILES string of the molecule is CCN1C(=CC=C(C=CC2=[N+](CC)c3ccc4c(C(=O)N(CC(=O)O)CC(=O)O)cc(C(=O)N(CC(=O)O)CC(=O)O)cc4c3C2(C)C)c2ccc(C(=O)NCc3ccc(NS(=O)[O-])cc3)cn2)C(C)(C)c2c1ccc1c(C(=O)N(CC(=O)O)CC(=O)O)cc(C(=O)N(CC(=O)O)CC(=O)O)cc21. The highest BCUT2D eigenvalue weighted by Gasteiger charge is 2.47. The number of benzene rings is 5. The van der Waals surface area contributed by atoms with Gasteiger partial charge >= 0.3 is 47.8 Å². The van der Waals surface area contributed by atoms with Crippen LogP contribution in [0.15, 0.2) is 121 Å². The number of carbonyl (C=O) groups excluding carboxylic acids is 5. The lowest BCUT2D eigenvalue weighted by atomic mass is 9.78. The minimum absolute atomic E-state index is 0.0260. The van der Waals surface area contributed by atoms with E-state index in [1.54, 1.807) is 82.3 Å². The van der Waals surface area contributed by atoms with Crippen molar-refractivity contribution in [3.8, 4) is 0 Å². The first-order valence-electron chi connectivity index (χ1n) is 31.3. The summed E-state index contributed by atoms with van der Waals surface area (Å²) in [6.45, 7) is 2.57. The lowest BCUT2D eigenvalue weighted by molar-refractivity contribution is -0.433. The van der Waals surface area contributed by atoms with E-state index in [1.165, 1.54) is 48.7 Å². The van der Waals surface area contributed by atoms with E-state index >= 15 is 0 Å². The Labute approximate surface area is 587 Å². The zero-order valence-corrected chi connectivity index (χ0v) is 56.8. The molecule has 5 aromatic carbocycles. The number of allylic oxidation sites excluding steroid dienone is 6. The van der Waals surface area contributed by atoms with E-state index in [0.717, 1.165) is 12.1 Å². The second-order valence-electron chi connectivity index (χ2n) is 24.7. The van der Waals surface area contributed by atoms with Crippen LogP contribution in [0.4, 0.5) is 17.1 Å². The van der Waals surface area contributed by atoms with Gasteiger partial charge in [0.25, 0.3) is 29.5 Å². The zero-order chi connectivity index (χ0) is 75.9. The average Bonchev–Trinajstić information content (AvgIpc) is 1.59. The van der Waals surface area contributed by atoms with Gasteiger partial charge < -0.3 is 79.9 Å². The Morgan fingerprint density at radius 3 is 1.41 bits per heavy atom. The molecule has 0 aliphatic carbocycles. The number of pyridine rings is 1. The molecule has 10 N–H and O–H groups in total. The van der Waals surface area contributed by atoms with E-state index in [0.29, 0.717) is 64.6 Å². The predicted octanol–water partition coefficient (Wildman–Crippen LogP) is 4.71. The molecular weight excluding hydrogens is 1370 g/mol. The van der Waals surface area contributed by atoms with Gasteiger partial charge in [-0.15, -0.1) is 0 Å². The molecule has 1 atom stereocenters. The number of hydrogen-bond donors (Lipinski definition) is 10. The van der Waals surface area contributed by atoms with Crippen LogP contribution in [0.2, 0.25) is 0 Å². The number of aliphatic carboxylic acids is 8. The number of nitrogens with zero attached hydrogens (tertiary/aromatic N) is 7. The Morgan fingerprint density at radius 2 is 0.990 bits per heavy atom. The number of nitrogens with one attached hydrogen (secondary N) is 2. The topological polar surface area (TPSA) is 480 Å². The molecule has 0 bridgehead atoms. The summed E-state index contributed by atoms with van der Waals surface area (Å²) in [6.07, 6.45) is 8.25. The third-order valence-electron chi connectivity index (χ3n) is 17.0. The third-order valence-corrected chi connectivity index (χ3v) is 17.4. The molecule has 0 radical (unpaired) electrons. The van der Waals surface area contributed by atoms with Crippen molar-refractivity contribution in [3.63, 3.8) is 0 Å². The number of carboxylic acids is 8. The van der Waals surface area contributed by atoms with Gasteiger partial charge in [-0.2, -0.15) is 4.58 Å². The van der Waals surface area contributed by atoms with Crippen molar-refractivity contribution in [1.29, 1.82) is 0 Å².